The van der Waals surface area contributed by atoms with E-state index in [-0.39, 0.29) is 23.1 Å². The minimum absolute atomic E-state index is 0.225. The van der Waals surface area contributed by atoms with Crippen LogP contribution in [0.2, 0.25) is 0 Å². The number of halogens is 3. The summed E-state index contributed by atoms with van der Waals surface area (Å²) in [7, 11) is 0. The fraction of sp³-hybridized carbons (Fsp3) is 0.333. The highest BCUT2D eigenvalue weighted by atomic mass is 19.4. The number of amides is 1. The Bertz CT molecular complexity index is 829. The Morgan fingerprint density at radius 3 is 2.59 bits per heavy atom. The molecule has 1 fully saturated rings. The van der Waals surface area contributed by atoms with Crippen molar-refractivity contribution >= 4 is 11.6 Å². The third-order valence-electron chi connectivity index (χ3n) is 4.32. The van der Waals surface area contributed by atoms with E-state index in [2.05, 4.69) is 15.0 Å². The molecule has 1 aliphatic rings. The zero-order valence-corrected chi connectivity index (χ0v) is 14.3. The molecule has 2 heterocycles. The first kappa shape index (κ1) is 18.8. The molecule has 1 aromatic heterocycles. The molecule has 1 atom stereocenters. The van der Waals surface area contributed by atoms with Crippen LogP contribution in [-0.2, 0) is 0 Å². The number of hydrogen-bond acceptors (Lipinski definition) is 4. The summed E-state index contributed by atoms with van der Waals surface area (Å²) >= 11 is 0. The van der Waals surface area contributed by atoms with E-state index in [1.807, 2.05) is 4.90 Å². The van der Waals surface area contributed by atoms with Gasteiger partial charge in [-0.25, -0.2) is 0 Å². The van der Waals surface area contributed by atoms with Gasteiger partial charge in [-0.3, -0.25) is 9.59 Å². The standard InChI is InChI=1S/C18H18F3N3O3/c19-18(20,21)27-15-4-2-14(3-5-15)24-8-7-12(11-24)9-23-17(26)13-1-6-16(25)22-10-13/h1-6,10,12H,7-9,11H2,(H,22,25)(H,23,26)/t12-/m1/s1. The van der Waals surface area contributed by atoms with Crippen LogP contribution in [0.4, 0.5) is 18.9 Å². The van der Waals surface area contributed by atoms with Gasteiger partial charge in [0, 0.05) is 37.6 Å². The van der Waals surface area contributed by atoms with E-state index >= 15 is 0 Å². The van der Waals surface area contributed by atoms with E-state index < -0.39 is 6.36 Å². The smallest absolute Gasteiger partial charge is 0.406 e. The van der Waals surface area contributed by atoms with E-state index in [0.29, 0.717) is 18.7 Å². The molecule has 6 nitrogen and oxygen atoms in total. The molecule has 1 aliphatic heterocycles. The van der Waals surface area contributed by atoms with Gasteiger partial charge >= 0.3 is 6.36 Å². The molecule has 2 aromatic rings. The molecule has 1 saturated heterocycles. The van der Waals surface area contributed by atoms with Crippen LogP contribution in [0.5, 0.6) is 5.75 Å². The Kier molecular flexibility index (Phi) is 5.38. The summed E-state index contributed by atoms with van der Waals surface area (Å²) in [5.41, 5.74) is 0.910. The lowest BCUT2D eigenvalue weighted by molar-refractivity contribution is -0.274. The molecule has 9 heteroatoms. The number of carbonyl (C=O) groups is 1. The van der Waals surface area contributed by atoms with Crippen LogP contribution >= 0.6 is 0 Å². The summed E-state index contributed by atoms with van der Waals surface area (Å²) in [5.74, 6) is -0.295. The molecule has 1 aromatic carbocycles. The summed E-state index contributed by atoms with van der Waals surface area (Å²) in [6.45, 7) is 1.91. The average molecular weight is 381 g/mol. The zero-order valence-electron chi connectivity index (χ0n) is 14.3. The maximum Gasteiger partial charge on any atom is 0.573 e. The first-order valence-corrected chi connectivity index (χ1v) is 8.38. The molecule has 0 spiro atoms. The van der Waals surface area contributed by atoms with Crippen molar-refractivity contribution in [1.29, 1.82) is 0 Å². The maximum atomic E-state index is 12.2. The second-order valence-corrected chi connectivity index (χ2v) is 6.29. The fourth-order valence-corrected chi connectivity index (χ4v) is 2.98. The Morgan fingerprint density at radius 2 is 1.96 bits per heavy atom. The van der Waals surface area contributed by atoms with Gasteiger partial charge in [-0.1, -0.05) is 0 Å². The molecule has 0 aliphatic carbocycles. The zero-order chi connectivity index (χ0) is 19.4. The number of H-pyrrole nitrogens is 1. The molecule has 2 N–H and O–H groups in total. The summed E-state index contributed by atoms with van der Waals surface area (Å²) in [6.07, 6.45) is -2.49. The fourth-order valence-electron chi connectivity index (χ4n) is 2.98. The SMILES string of the molecule is O=C(NC[C@H]1CCN(c2ccc(OC(F)(F)F)cc2)C1)c1ccc(=O)[nH]c1. The van der Waals surface area contributed by atoms with Crippen LogP contribution in [0, 0.1) is 5.92 Å². The first-order chi connectivity index (χ1) is 12.8. The van der Waals surface area contributed by atoms with Crippen molar-refractivity contribution in [1.82, 2.24) is 10.3 Å². The van der Waals surface area contributed by atoms with Crippen LogP contribution in [-0.4, -0.2) is 36.9 Å². The van der Waals surface area contributed by atoms with Crippen molar-refractivity contribution in [2.75, 3.05) is 24.5 Å². The van der Waals surface area contributed by atoms with E-state index in [1.54, 1.807) is 12.1 Å². The van der Waals surface area contributed by atoms with Crippen molar-refractivity contribution < 1.29 is 22.7 Å². The molecule has 27 heavy (non-hydrogen) atoms. The van der Waals surface area contributed by atoms with Crippen molar-refractivity contribution in [3.8, 4) is 5.75 Å². The molecule has 0 bridgehead atoms. The highest BCUT2D eigenvalue weighted by Gasteiger charge is 2.31. The molecule has 0 saturated carbocycles. The van der Waals surface area contributed by atoms with Gasteiger partial charge in [-0.15, -0.1) is 13.2 Å². The molecular weight excluding hydrogens is 363 g/mol. The number of ether oxygens (including phenoxy) is 1. The number of hydrogen-bond donors (Lipinski definition) is 2. The molecular formula is C18H18F3N3O3. The highest BCUT2D eigenvalue weighted by molar-refractivity contribution is 5.93. The van der Waals surface area contributed by atoms with Crippen LogP contribution in [0.3, 0.4) is 0 Å². The van der Waals surface area contributed by atoms with Gasteiger partial charge in [0.15, 0.2) is 0 Å². The Labute approximate surface area is 152 Å². The van der Waals surface area contributed by atoms with Crippen LogP contribution in [0.1, 0.15) is 16.8 Å². The third-order valence-corrected chi connectivity index (χ3v) is 4.32. The number of aromatic nitrogens is 1. The number of anilines is 1. The Hall–Kier alpha value is -2.97. The van der Waals surface area contributed by atoms with E-state index in [4.69, 9.17) is 0 Å². The minimum Gasteiger partial charge on any atom is -0.406 e. The lowest BCUT2D eigenvalue weighted by Crippen LogP contribution is -2.31. The Balaban J connectivity index is 1.50. The summed E-state index contributed by atoms with van der Waals surface area (Å²) in [4.78, 5) is 27.6. The second-order valence-electron chi connectivity index (χ2n) is 6.29. The predicted molar refractivity (Wildman–Crippen MR) is 92.8 cm³/mol. The van der Waals surface area contributed by atoms with Gasteiger partial charge in [-0.2, -0.15) is 0 Å². The topological polar surface area (TPSA) is 74.4 Å². The lowest BCUT2D eigenvalue weighted by atomic mass is 10.1. The van der Waals surface area contributed by atoms with E-state index in [0.717, 1.165) is 18.7 Å². The normalized spacial score (nSPS) is 17.0. The lowest BCUT2D eigenvalue weighted by Gasteiger charge is -2.19. The van der Waals surface area contributed by atoms with Crippen molar-refractivity contribution in [2.45, 2.75) is 12.8 Å². The highest BCUT2D eigenvalue weighted by Crippen LogP contribution is 2.28. The number of aromatic amines is 1. The average Bonchev–Trinajstić information content (AvgIpc) is 3.08. The minimum atomic E-state index is -4.70. The van der Waals surface area contributed by atoms with E-state index in [1.165, 1.54) is 30.5 Å². The van der Waals surface area contributed by atoms with Gasteiger partial charge < -0.3 is 19.9 Å². The number of nitrogens with zero attached hydrogens (tertiary/aromatic N) is 1. The number of carbonyl (C=O) groups excluding carboxylic acids is 1. The summed E-state index contributed by atoms with van der Waals surface area (Å²) in [5, 5.41) is 2.83. The van der Waals surface area contributed by atoms with Crippen LogP contribution in [0.25, 0.3) is 0 Å². The predicted octanol–water partition coefficient (Wildman–Crippen LogP) is 2.53. The molecule has 3 rings (SSSR count). The van der Waals surface area contributed by atoms with Crippen LogP contribution in [0.15, 0.2) is 47.4 Å². The second kappa shape index (κ2) is 7.73. The van der Waals surface area contributed by atoms with Crippen molar-refractivity contribution in [2.24, 2.45) is 5.92 Å². The molecule has 0 unspecified atom stereocenters. The van der Waals surface area contributed by atoms with Gasteiger partial charge in [0.25, 0.3) is 5.91 Å². The van der Waals surface area contributed by atoms with Crippen molar-refractivity contribution in [3.05, 3.63) is 58.5 Å². The number of nitrogens with one attached hydrogen (secondary N) is 2. The molecule has 0 radical (unpaired) electrons. The largest absolute Gasteiger partial charge is 0.573 e. The van der Waals surface area contributed by atoms with Gasteiger partial charge in [0.1, 0.15) is 5.75 Å². The van der Waals surface area contributed by atoms with Gasteiger partial charge in [0.05, 0.1) is 5.56 Å². The third kappa shape index (κ3) is 5.25. The summed E-state index contributed by atoms with van der Waals surface area (Å²) < 4.78 is 40.5. The Morgan fingerprint density at radius 1 is 1.22 bits per heavy atom. The maximum absolute atomic E-state index is 12.2. The number of pyridine rings is 1. The quantitative estimate of drug-likeness (QED) is 0.835. The first-order valence-electron chi connectivity index (χ1n) is 8.38. The molecule has 1 amide bonds. The monoisotopic (exact) mass is 381 g/mol. The number of rotatable bonds is 5. The molecule has 144 valence electrons. The van der Waals surface area contributed by atoms with Crippen LogP contribution < -0.4 is 20.5 Å². The van der Waals surface area contributed by atoms with Gasteiger partial charge in [0.2, 0.25) is 5.56 Å². The number of alkyl halides is 3. The summed E-state index contributed by atoms with van der Waals surface area (Å²) in [6, 6.07) is 8.49. The van der Waals surface area contributed by atoms with E-state index in [9.17, 15) is 22.8 Å². The van der Waals surface area contributed by atoms with Crippen molar-refractivity contribution in [3.63, 3.8) is 0 Å². The number of benzene rings is 1. The van der Waals surface area contributed by atoms with Gasteiger partial charge in [-0.05, 0) is 42.7 Å².